The van der Waals surface area contributed by atoms with Crippen LogP contribution in [0.1, 0.15) is 0 Å². The molecule has 0 atom stereocenters. The fourth-order valence-electron chi connectivity index (χ4n) is 4.04. The van der Waals surface area contributed by atoms with E-state index in [1.165, 1.54) is 33.5 Å². The molecule has 190 valence electrons. The number of rotatable bonds is 7. The average Bonchev–Trinajstić information content (AvgIpc) is 3.60. The summed E-state index contributed by atoms with van der Waals surface area (Å²) in [7, 11) is -1.57. The molecule has 0 unspecified atom stereocenters. The van der Waals surface area contributed by atoms with Crippen molar-refractivity contribution in [1.29, 1.82) is 0 Å². The van der Waals surface area contributed by atoms with Gasteiger partial charge in [0.25, 0.3) is 0 Å². The second-order valence-electron chi connectivity index (χ2n) is 7.88. The molecule has 0 aliphatic rings. The first-order valence-electron chi connectivity index (χ1n) is 11.9. The first kappa shape index (κ1) is 33.3. The van der Waals surface area contributed by atoms with Crippen LogP contribution in [0.2, 0.25) is 0 Å². The Kier molecular flexibility index (Phi) is 18.6. The van der Waals surface area contributed by atoms with E-state index >= 15 is 0 Å². The van der Waals surface area contributed by atoms with Crippen molar-refractivity contribution < 1.29 is 30.4 Å². The van der Waals surface area contributed by atoms with Gasteiger partial charge in [-0.3, -0.25) is 0 Å². The second kappa shape index (κ2) is 21.2. The fourth-order valence-corrected chi connectivity index (χ4v) is 10.2. The van der Waals surface area contributed by atoms with E-state index in [1.54, 1.807) is 0 Å². The number of benzene rings is 4. The minimum Gasteiger partial charge on any atom is -0.214 e. The Morgan fingerprint density at radius 3 is 0.842 bits per heavy atom. The van der Waals surface area contributed by atoms with Gasteiger partial charge in [0.2, 0.25) is 0 Å². The van der Waals surface area contributed by atoms with Crippen LogP contribution < -0.4 is 21.2 Å². The predicted molar refractivity (Wildman–Crippen MR) is 161 cm³/mol. The van der Waals surface area contributed by atoms with Gasteiger partial charge < -0.3 is 0 Å². The standard InChI is InChI=1S/C26H24P2.C5H5.2CO.Mo/c1-5-13-23(14-6-1)27(24-15-7-2-8-16-24)21-22-28(25-17-9-3-10-18-25)26-19-11-4-12-20-26;1-2-4-5-3-1;2*1-2;/h1-20H,21-22H2;1-5H;;;/q;-1;;;/p+2. The molecule has 0 fully saturated rings. The normalized spacial score (nSPS) is 9.32. The summed E-state index contributed by atoms with van der Waals surface area (Å²) in [5.74, 6) is 0. The van der Waals surface area contributed by atoms with Crippen molar-refractivity contribution >= 4 is 37.1 Å². The van der Waals surface area contributed by atoms with Crippen molar-refractivity contribution in [1.82, 2.24) is 0 Å². The molecule has 38 heavy (non-hydrogen) atoms. The van der Waals surface area contributed by atoms with Crippen LogP contribution in [0.5, 0.6) is 0 Å². The van der Waals surface area contributed by atoms with Crippen molar-refractivity contribution in [2.75, 3.05) is 12.3 Å². The molecule has 0 radical (unpaired) electrons. The van der Waals surface area contributed by atoms with Crippen molar-refractivity contribution in [3.05, 3.63) is 165 Å². The van der Waals surface area contributed by atoms with Crippen molar-refractivity contribution in [2.24, 2.45) is 0 Å². The largest absolute Gasteiger partial charge is 0.214 e. The van der Waals surface area contributed by atoms with E-state index in [4.69, 9.17) is 9.30 Å². The van der Waals surface area contributed by atoms with E-state index in [-0.39, 0.29) is 21.1 Å². The third kappa shape index (κ3) is 11.3. The zero-order valence-corrected chi connectivity index (χ0v) is 25.1. The predicted octanol–water partition coefficient (Wildman–Crippen LogP) is 6.04. The van der Waals surface area contributed by atoms with Crippen molar-refractivity contribution in [3.63, 3.8) is 0 Å². The Morgan fingerprint density at radius 2 is 0.658 bits per heavy atom. The molecule has 2 nitrogen and oxygen atoms in total. The molecule has 0 saturated heterocycles. The third-order valence-electron chi connectivity index (χ3n) is 5.67. The van der Waals surface area contributed by atoms with Gasteiger partial charge in [-0.25, -0.2) is 12.1 Å². The summed E-state index contributed by atoms with van der Waals surface area (Å²) in [6.45, 7) is 9.00. The smallest absolute Gasteiger partial charge is 0.101 e. The van der Waals surface area contributed by atoms with E-state index in [1.807, 2.05) is 30.3 Å². The summed E-state index contributed by atoms with van der Waals surface area (Å²) < 4.78 is 15.0. The van der Waals surface area contributed by atoms with Gasteiger partial charge in [0.1, 0.15) is 12.3 Å². The van der Waals surface area contributed by atoms with Gasteiger partial charge in [0.05, 0.1) is 37.1 Å². The van der Waals surface area contributed by atoms with E-state index in [9.17, 15) is 0 Å². The van der Waals surface area contributed by atoms with Crippen molar-refractivity contribution in [2.45, 2.75) is 0 Å². The van der Waals surface area contributed by atoms with Gasteiger partial charge in [0, 0.05) is 21.1 Å². The van der Waals surface area contributed by atoms with Gasteiger partial charge in [-0.15, -0.1) is 0 Å². The molecule has 0 aromatic heterocycles. The summed E-state index contributed by atoms with van der Waals surface area (Å²) in [6, 6.07) is 54.5. The topological polar surface area (TPSA) is 39.8 Å². The summed E-state index contributed by atoms with van der Waals surface area (Å²) >= 11 is 0. The molecule has 0 heterocycles. The monoisotopic (exact) mass is 619 g/mol. The Morgan fingerprint density at radius 1 is 0.421 bits per heavy atom. The molecule has 5 heteroatoms. The van der Waals surface area contributed by atoms with Gasteiger partial charge >= 0.3 is 22.6 Å². The summed E-state index contributed by atoms with van der Waals surface area (Å²) in [5, 5.41) is 6.06. The first-order valence-corrected chi connectivity index (χ1v) is 15.3. The molecule has 5 aromatic carbocycles. The van der Waals surface area contributed by atoms with Gasteiger partial charge in [-0.2, -0.15) is 18.2 Å². The molecular weight excluding hydrogens is 586 g/mol. The number of hydrogen-bond donors (Lipinski definition) is 0. The summed E-state index contributed by atoms with van der Waals surface area (Å²) in [6.07, 6.45) is 2.52. The Labute approximate surface area is 243 Å². The quantitative estimate of drug-likeness (QED) is 0.0925. The molecular formula is C33H31MoO2P2+. The maximum atomic E-state index is 7.50. The van der Waals surface area contributed by atoms with Gasteiger partial charge in [-0.05, 0) is 48.5 Å². The second-order valence-corrected chi connectivity index (χ2v) is 13.1. The van der Waals surface area contributed by atoms with Crippen LogP contribution in [0.25, 0.3) is 0 Å². The summed E-state index contributed by atoms with van der Waals surface area (Å²) in [5.41, 5.74) is 0. The Hall–Kier alpha value is -2.74. The fraction of sp³-hybridized carbons (Fsp3) is 0.0606. The molecule has 0 bridgehead atoms. The molecule has 0 spiro atoms. The van der Waals surface area contributed by atoms with Gasteiger partial charge in [-0.1, -0.05) is 72.8 Å². The van der Waals surface area contributed by atoms with Crippen LogP contribution in [-0.4, -0.2) is 12.3 Å². The van der Waals surface area contributed by atoms with Gasteiger partial charge in [0.15, 0.2) is 0 Å². The number of hydrogen-bond acceptors (Lipinski definition) is 0. The molecule has 0 saturated carbocycles. The molecule has 5 rings (SSSR count). The minimum absolute atomic E-state index is 0. The van der Waals surface area contributed by atoms with E-state index in [0.717, 1.165) is 0 Å². The van der Waals surface area contributed by atoms with Crippen LogP contribution >= 0.6 is 15.8 Å². The van der Waals surface area contributed by atoms with Crippen LogP contribution in [0, 0.1) is 13.3 Å². The SMILES string of the molecule is [C-]#[O+].[C-]#[O+].[Mo].c1cc[cH-]c1.c1ccc([PH+](CC[PH+](c2ccccc2)c2ccccc2)c2ccccc2)cc1. The van der Waals surface area contributed by atoms with Crippen LogP contribution in [-0.2, 0) is 30.4 Å². The minimum atomic E-state index is -0.783. The van der Waals surface area contributed by atoms with Crippen LogP contribution in [0.15, 0.2) is 152 Å². The van der Waals surface area contributed by atoms with Crippen molar-refractivity contribution in [3.8, 4) is 0 Å². The summed E-state index contributed by atoms with van der Waals surface area (Å²) in [4.78, 5) is 0. The molecule has 0 N–H and O–H groups in total. The third-order valence-corrected chi connectivity index (χ3v) is 11.8. The average molecular weight is 617 g/mol. The zero-order valence-electron chi connectivity index (χ0n) is 21.1. The Balaban J connectivity index is 0.000000628. The Bertz CT molecular complexity index is 1060. The van der Waals surface area contributed by atoms with Crippen LogP contribution in [0.3, 0.4) is 0 Å². The maximum absolute atomic E-state index is 7.50. The molecule has 0 aliphatic heterocycles. The van der Waals surface area contributed by atoms with E-state index in [0.29, 0.717) is 0 Å². The molecule has 5 aromatic rings. The molecule has 0 amide bonds. The molecule has 0 aliphatic carbocycles. The maximum Gasteiger partial charge on any atom is 0.101 e. The van der Waals surface area contributed by atoms with E-state index in [2.05, 4.69) is 135 Å². The first-order chi connectivity index (χ1) is 18.4. The van der Waals surface area contributed by atoms with E-state index < -0.39 is 15.8 Å². The van der Waals surface area contributed by atoms with Crippen LogP contribution in [0.4, 0.5) is 0 Å². The zero-order chi connectivity index (χ0) is 26.6.